The van der Waals surface area contributed by atoms with Crippen LogP contribution < -0.4 is 10.6 Å². The third-order valence-electron chi connectivity index (χ3n) is 4.89. The van der Waals surface area contributed by atoms with Gasteiger partial charge in [0.25, 0.3) is 0 Å². The molecule has 0 bridgehead atoms. The molecular formula is C13H21N3O3. The van der Waals surface area contributed by atoms with Gasteiger partial charge in [-0.15, -0.1) is 0 Å². The van der Waals surface area contributed by atoms with Crippen LogP contribution in [0.5, 0.6) is 0 Å². The van der Waals surface area contributed by atoms with E-state index < -0.39 is 11.5 Å². The van der Waals surface area contributed by atoms with Gasteiger partial charge in [-0.25, -0.2) is 9.59 Å². The second-order valence-electron chi connectivity index (χ2n) is 5.98. The SMILES string of the molecule is O=C(NC1CCN2CCCC12)NC1(C(=O)O)CCC1. The van der Waals surface area contributed by atoms with Crippen LogP contribution in [0.4, 0.5) is 4.79 Å². The molecule has 19 heavy (non-hydrogen) atoms. The Kier molecular flexibility index (Phi) is 3.12. The summed E-state index contributed by atoms with van der Waals surface area (Å²) in [6.07, 6.45) is 5.25. The van der Waals surface area contributed by atoms with Crippen molar-refractivity contribution in [3.8, 4) is 0 Å². The van der Waals surface area contributed by atoms with Crippen LogP contribution in [-0.2, 0) is 4.79 Å². The number of amides is 2. The molecule has 6 heteroatoms. The Balaban J connectivity index is 1.55. The smallest absolute Gasteiger partial charge is 0.329 e. The maximum atomic E-state index is 12.0. The first-order chi connectivity index (χ1) is 9.11. The lowest BCUT2D eigenvalue weighted by Crippen LogP contribution is -2.62. The van der Waals surface area contributed by atoms with Crippen molar-refractivity contribution in [2.45, 2.75) is 56.1 Å². The molecule has 3 fully saturated rings. The molecule has 2 saturated heterocycles. The largest absolute Gasteiger partial charge is 0.480 e. The van der Waals surface area contributed by atoms with Gasteiger partial charge in [0.2, 0.25) is 0 Å². The van der Waals surface area contributed by atoms with Crippen molar-refractivity contribution in [2.24, 2.45) is 0 Å². The quantitative estimate of drug-likeness (QED) is 0.696. The first-order valence-corrected chi connectivity index (χ1v) is 7.17. The van der Waals surface area contributed by atoms with E-state index in [1.165, 1.54) is 6.42 Å². The van der Waals surface area contributed by atoms with Gasteiger partial charge in [0.15, 0.2) is 0 Å². The number of fused-ring (bicyclic) bond motifs is 1. The molecule has 3 aliphatic rings. The van der Waals surface area contributed by atoms with Gasteiger partial charge in [0.1, 0.15) is 5.54 Å². The van der Waals surface area contributed by atoms with Gasteiger partial charge in [-0.1, -0.05) is 0 Å². The van der Waals surface area contributed by atoms with Crippen molar-refractivity contribution in [1.29, 1.82) is 0 Å². The van der Waals surface area contributed by atoms with Crippen LogP contribution in [0.1, 0.15) is 38.5 Å². The fraction of sp³-hybridized carbons (Fsp3) is 0.846. The van der Waals surface area contributed by atoms with Crippen LogP contribution in [-0.4, -0.2) is 52.7 Å². The monoisotopic (exact) mass is 267 g/mol. The molecule has 106 valence electrons. The highest BCUT2D eigenvalue weighted by Crippen LogP contribution is 2.32. The molecule has 2 atom stereocenters. The minimum atomic E-state index is -1.02. The Bertz CT molecular complexity index is 395. The lowest BCUT2D eigenvalue weighted by atomic mass is 9.77. The molecule has 6 nitrogen and oxygen atoms in total. The molecule has 0 aromatic heterocycles. The third-order valence-corrected chi connectivity index (χ3v) is 4.89. The standard InChI is InChI=1S/C13H21N3O3/c17-11(18)13(5-2-6-13)15-12(19)14-9-4-8-16-7-1-3-10(9)16/h9-10H,1-8H2,(H,17,18)(H2,14,15,19). The number of carboxylic acid groups (broad SMARTS) is 1. The minimum Gasteiger partial charge on any atom is -0.480 e. The highest BCUT2D eigenvalue weighted by Gasteiger charge is 2.46. The zero-order chi connectivity index (χ0) is 13.5. The van der Waals surface area contributed by atoms with Crippen molar-refractivity contribution in [1.82, 2.24) is 15.5 Å². The average Bonchev–Trinajstić information content (AvgIpc) is 2.88. The Morgan fingerprint density at radius 2 is 1.95 bits per heavy atom. The Labute approximate surface area is 112 Å². The second-order valence-corrected chi connectivity index (χ2v) is 5.98. The molecule has 1 saturated carbocycles. The molecule has 0 radical (unpaired) electrons. The van der Waals surface area contributed by atoms with E-state index in [1.54, 1.807) is 0 Å². The molecule has 2 heterocycles. The molecule has 0 spiro atoms. The van der Waals surface area contributed by atoms with Crippen molar-refractivity contribution >= 4 is 12.0 Å². The van der Waals surface area contributed by atoms with E-state index >= 15 is 0 Å². The topological polar surface area (TPSA) is 81.7 Å². The van der Waals surface area contributed by atoms with E-state index in [1.807, 2.05) is 0 Å². The summed E-state index contributed by atoms with van der Waals surface area (Å²) in [5.41, 5.74) is -1.02. The predicted octanol–water partition coefficient (Wildman–Crippen LogP) is 0.530. The number of nitrogens with one attached hydrogen (secondary N) is 2. The summed E-state index contributed by atoms with van der Waals surface area (Å²) in [6, 6.07) is 0.308. The molecule has 0 aromatic rings. The number of carboxylic acids is 1. The highest BCUT2D eigenvalue weighted by atomic mass is 16.4. The van der Waals surface area contributed by atoms with Gasteiger partial charge in [-0.3, -0.25) is 4.90 Å². The number of aliphatic carboxylic acids is 1. The van der Waals surface area contributed by atoms with Gasteiger partial charge in [-0.2, -0.15) is 0 Å². The summed E-state index contributed by atoms with van der Waals surface area (Å²) in [4.78, 5) is 25.6. The Morgan fingerprint density at radius 1 is 1.16 bits per heavy atom. The van der Waals surface area contributed by atoms with E-state index in [4.69, 9.17) is 0 Å². The maximum Gasteiger partial charge on any atom is 0.329 e. The van der Waals surface area contributed by atoms with Crippen LogP contribution >= 0.6 is 0 Å². The normalized spacial score (nSPS) is 32.4. The zero-order valence-corrected chi connectivity index (χ0v) is 11.0. The molecule has 2 aliphatic heterocycles. The number of carbonyl (C=O) groups is 2. The van der Waals surface area contributed by atoms with E-state index in [2.05, 4.69) is 15.5 Å². The van der Waals surface area contributed by atoms with Gasteiger partial charge in [0.05, 0.1) is 0 Å². The first kappa shape index (κ1) is 12.7. The van der Waals surface area contributed by atoms with Crippen LogP contribution in [0.3, 0.4) is 0 Å². The lowest BCUT2D eigenvalue weighted by Gasteiger charge is -2.38. The summed E-state index contributed by atoms with van der Waals surface area (Å²) in [5, 5.41) is 14.8. The molecule has 2 unspecified atom stereocenters. The van der Waals surface area contributed by atoms with Crippen molar-refractivity contribution in [3.05, 3.63) is 0 Å². The molecule has 3 rings (SSSR count). The zero-order valence-electron chi connectivity index (χ0n) is 11.0. The molecule has 3 N–H and O–H groups in total. The minimum absolute atomic E-state index is 0.174. The lowest BCUT2D eigenvalue weighted by molar-refractivity contribution is -0.148. The predicted molar refractivity (Wildman–Crippen MR) is 68.9 cm³/mol. The number of carbonyl (C=O) groups excluding carboxylic acids is 1. The molecule has 1 aliphatic carbocycles. The van der Waals surface area contributed by atoms with Gasteiger partial charge in [-0.05, 0) is 45.1 Å². The fourth-order valence-electron chi connectivity index (χ4n) is 3.60. The van der Waals surface area contributed by atoms with Crippen LogP contribution in [0.15, 0.2) is 0 Å². The summed E-state index contributed by atoms with van der Waals surface area (Å²) in [7, 11) is 0. The van der Waals surface area contributed by atoms with Gasteiger partial charge < -0.3 is 15.7 Å². The Hall–Kier alpha value is -1.30. The van der Waals surface area contributed by atoms with Crippen LogP contribution in [0.25, 0.3) is 0 Å². The average molecular weight is 267 g/mol. The van der Waals surface area contributed by atoms with Gasteiger partial charge in [0, 0.05) is 18.6 Å². The van der Waals surface area contributed by atoms with E-state index in [0.717, 1.165) is 32.4 Å². The van der Waals surface area contributed by atoms with Crippen molar-refractivity contribution in [2.75, 3.05) is 13.1 Å². The maximum absolute atomic E-state index is 12.0. The number of hydrogen-bond acceptors (Lipinski definition) is 3. The van der Waals surface area contributed by atoms with Crippen LogP contribution in [0.2, 0.25) is 0 Å². The third kappa shape index (κ3) is 2.18. The summed E-state index contributed by atoms with van der Waals surface area (Å²) < 4.78 is 0. The Morgan fingerprint density at radius 3 is 2.58 bits per heavy atom. The molecule has 2 amide bonds. The summed E-state index contributed by atoms with van der Waals surface area (Å²) in [5.74, 6) is -0.914. The summed E-state index contributed by atoms with van der Waals surface area (Å²) >= 11 is 0. The highest BCUT2D eigenvalue weighted by molar-refractivity contribution is 5.87. The number of hydrogen-bond donors (Lipinski definition) is 3. The van der Waals surface area contributed by atoms with E-state index in [9.17, 15) is 14.7 Å². The number of urea groups is 1. The van der Waals surface area contributed by atoms with E-state index in [0.29, 0.717) is 18.9 Å². The van der Waals surface area contributed by atoms with E-state index in [-0.39, 0.29) is 12.1 Å². The summed E-state index contributed by atoms with van der Waals surface area (Å²) in [6.45, 7) is 2.17. The molecular weight excluding hydrogens is 246 g/mol. The second kappa shape index (κ2) is 4.67. The fourth-order valence-corrected chi connectivity index (χ4v) is 3.60. The van der Waals surface area contributed by atoms with Gasteiger partial charge >= 0.3 is 12.0 Å². The molecule has 0 aromatic carbocycles. The van der Waals surface area contributed by atoms with Crippen molar-refractivity contribution < 1.29 is 14.7 Å². The van der Waals surface area contributed by atoms with Crippen LogP contribution in [0, 0.1) is 0 Å². The number of nitrogens with zero attached hydrogens (tertiary/aromatic N) is 1. The number of rotatable bonds is 3. The van der Waals surface area contributed by atoms with Crippen molar-refractivity contribution in [3.63, 3.8) is 0 Å². The first-order valence-electron chi connectivity index (χ1n) is 7.17.